The lowest BCUT2D eigenvalue weighted by Gasteiger charge is -2.20. The van der Waals surface area contributed by atoms with E-state index in [1.165, 1.54) is 109 Å². The van der Waals surface area contributed by atoms with E-state index in [-0.39, 0.29) is 13.0 Å². The van der Waals surface area contributed by atoms with Crippen molar-refractivity contribution in [2.45, 2.75) is 193 Å². The molecule has 3 unspecified atom stereocenters. The molecule has 51 heavy (non-hydrogen) atoms. The summed E-state index contributed by atoms with van der Waals surface area (Å²) >= 11 is 0. The number of phosphoric ester groups is 1. The molecule has 0 fully saturated rings. The third-order valence-electron chi connectivity index (χ3n) is 8.73. The van der Waals surface area contributed by atoms with Crippen molar-refractivity contribution in [1.29, 1.82) is 0 Å². The molecule has 4 N–H and O–H groups in total. The highest BCUT2D eigenvalue weighted by Crippen LogP contribution is 2.43. The van der Waals surface area contributed by atoms with Gasteiger partial charge in [0, 0.05) is 13.0 Å². The molecule has 0 aliphatic carbocycles. The fraction of sp³-hybridized carbons (Fsp3) is 0.850. The van der Waals surface area contributed by atoms with Crippen molar-refractivity contribution in [3.63, 3.8) is 0 Å². The molecule has 11 heteroatoms. The van der Waals surface area contributed by atoms with Crippen LogP contribution in [0.1, 0.15) is 181 Å². The van der Waals surface area contributed by atoms with Crippen molar-refractivity contribution in [2.75, 3.05) is 26.4 Å². The van der Waals surface area contributed by atoms with Gasteiger partial charge in [0.05, 0.1) is 19.8 Å². The number of carbonyl (C=O) groups excluding carboxylic acids is 1. The standard InChI is InChI=1S/C40H76NO9P/c1-3-5-7-9-11-13-15-17-18-19-20-21-23-25-27-29-31-33-47-34-37(35-48-51(45,46)49-36-38(41)40(43)44)50-39(42)32-30-28-26-24-22-16-14-12-10-8-6-4-2/h13,15,18-19,37-38H,3-12,14,16-17,20-36,41H2,1-2H3,(H,43,44)(H,45,46)/b15-13-,19-18-. The lowest BCUT2D eigenvalue weighted by atomic mass is 10.0. The second-order valence-corrected chi connectivity index (χ2v) is 15.2. The van der Waals surface area contributed by atoms with Gasteiger partial charge in [-0.2, -0.15) is 0 Å². The van der Waals surface area contributed by atoms with E-state index in [1.807, 2.05) is 0 Å². The van der Waals surface area contributed by atoms with E-state index < -0.39 is 45.1 Å². The zero-order valence-electron chi connectivity index (χ0n) is 32.5. The topological polar surface area (TPSA) is 155 Å². The Labute approximate surface area is 311 Å². The first-order chi connectivity index (χ1) is 24.7. The lowest BCUT2D eigenvalue weighted by Crippen LogP contribution is -2.34. The number of ether oxygens (including phenoxy) is 2. The van der Waals surface area contributed by atoms with Crippen molar-refractivity contribution >= 4 is 19.8 Å². The monoisotopic (exact) mass is 746 g/mol. The number of aliphatic carboxylic acids is 1. The summed E-state index contributed by atoms with van der Waals surface area (Å²) in [5.74, 6) is -1.78. The van der Waals surface area contributed by atoms with Crippen molar-refractivity contribution in [3.05, 3.63) is 24.3 Å². The Morgan fingerprint density at radius 2 is 1.08 bits per heavy atom. The molecular weight excluding hydrogens is 669 g/mol. The van der Waals surface area contributed by atoms with Crippen LogP contribution in [0.2, 0.25) is 0 Å². The number of carboxylic acids is 1. The maximum atomic E-state index is 12.6. The maximum absolute atomic E-state index is 12.6. The SMILES string of the molecule is CCCCCC/C=C\C/C=C\CCCCCCCCOCC(COP(=O)(O)OCC(N)C(=O)O)OC(=O)CCCCCCCCCCCCCC. The summed E-state index contributed by atoms with van der Waals surface area (Å²) in [6, 6.07) is -1.47. The van der Waals surface area contributed by atoms with Crippen molar-refractivity contribution in [3.8, 4) is 0 Å². The van der Waals surface area contributed by atoms with Gasteiger partial charge in [-0.05, 0) is 44.9 Å². The van der Waals surface area contributed by atoms with Crippen molar-refractivity contribution in [1.82, 2.24) is 0 Å². The Bertz CT molecular complexity index is 914. The number of phosphoric acid groups is 1. The predicted molar refractivity (Wildman–Crippen MR) is 208 cm³/mol. The summed E-state index contributed by atoms with van der Waals surface area (Å²) in [5.41, 5.74) is 5.34. The maximum Gasteiger partial charge on any atom is 0.472 e. The number of unbranched alkanes of at least 4 members (excludes halogenated alkanes) is 21. The molecule has 0 aliphatic rings. The molecule has 0 aliphatic heterocycles. The van der Waals surface area contributed by atoms with Gasteiger partial charge in [-0.25, -0.2) is 4.57 Å². The number of hydrogen-bond acceptors (Lipinski definition) is 8. The molecule has 0 aromatic carbocycles. The van der Waals surface area contributed by atoms with Gasteiger partial charge in [0.2, 0.25) is 0 Å². The summed E-state index contributed by atoms with van der Waals surface area (Å²) in [7, 11) is -4.61. The van der Waals surface area contributed by atoms with Gasteiger partial charge in [0.15, 0.2) is 0 Å². The van der Waals surface area contributed by atoms with Crippen LogP contribution in [0.3, 0.4) is 0 Å². The molecule has 0 saturated carbocycles. The normalized spacial score (nSPS) is 14.3. The minimum Gasteiger partial charge on any atom is -0.480 e. The van der Waals surface area contributed by atoms with E-state index >= 15 is 0 Å². The van der Waals surface area contributed by atoms with E-state index in [0.29, 0.717) is 13.0 Å². The molecule has 3 atom stereocenters. The fourth-order valence-corrected chi connectivity index (χ4v) is 6.29. The van der Waals surface area contributed by atoms with Gasteiger partial charge >= 0.3 is 19.8 Å². The van der Waals surface area contributed by atoms with Crippen LogP contribution in [0.15, 0.2) is 24.3 Å². The van der Waals surface area contributed by atoms with Crippen molar-refractivity contribution < 1.29 is 42.7 Å². The van der Waals surface area contributed by atoms with Gasteiger partial charge in [0.1, 0.15) is 12.1 Å². The highest BCUT2D eigenvalue weighted by molar-refractivity contribution is 7.47. The molecule has 0 spiro atoms. The largest absolute Gasteiger partial charge is 0.480 e. The molecule has 0 rings (SSSR count). The lowest BCUT2D eigenvalue weighted by molar-refractivity contribution is -0.154. The zero-order chi connectivity index (χ0) is 37.7. The highest BCUT2D eigenvalue weighted by Gasteiger charge is 2.27. The molecule has 0 bridgehead atoms. The molecule has 0 amide bonds. The highest BCUT2D eigenvalue weighted by atomic mass is 31.2. The number of nitrogens with two attached hydrogens (primary N) is 1. The van der Waals surface area contributed by atoms with Crippen LogP contribution < -0.4 is 5.73 Å². The van der Waals surface area contributed by atoms with Gasteiger partial charge in [-0.3, -0.25) is 18.6 Å². The van der Waals surface area contributed by atoms with Gasteiger partial charge < -0.3 is 25.2 Å². The van der Waals surface area contributed by atoms with Crippen molar-refractivity contribution in [2.24, 2.45) is 5.73 Å². The Hall–Kier alpha value is -1.55. The second kappa shape index (κ2) is 36.8. The molecule has 0 radical (unpaired) electrons. The van der Waals surface area contributed by atoms with Gasteiger partial charge in [-0.1, -0.05) is 154 Å². The molecule has 0 saturated heterocycles. The van der Waals surface area contributed by atoms with E-state index in [4.69, 9.17) is 29.4 Å². The Balaban J connectivity index is 4.27. The minimum absolute atomic E-state index is 0.0131. The first kappa shape index (κ1) is 49.5. The number of rotatable bonds is 39. The third-order valence-corrected chi connectivity index (χ3v) is 9.68. The van der Waals surface area contributed by atoms with Crippen LogP contribution in [0.4, 0.5) is 0 Å². The van der Waals surface area contributed by atoms with Crippen LogP contribution >= 0.6 is 7.82 Å². The number of carbonyl (C=O) groups is 2. The van der Waals surface area contributed by atoms with Crippen LogP contribution in [0, 0.1) is 0 Å². The Kier molecular flexibility index (Phi) is 35.7. The Morgan fingerprint density at radius 3 is 1.61 bits per heavy atom. The Morgan fingerprint density at radius 1 is 0.627 bits per heavy atom. The average Bonchev–Trinajstić information content (AvgIpc) is 3.10. The minimum atomic E-state index is -4.61. The summed E-state index contributed by atoms with van der Waals surface area (Å²) in [6.45, 7) is 3.84. The quantitative estimate of drug-likeness (QED) is 0.0240. The molecule has 0 aromatic rings. The van der Waals surface area contributed by atoms with Gasteiger partial charge in [-0.15, -0.1) is 0 Å². The van der Waals surface area contributed by atoms with Crippen LogP contribution in [0.5, 0.6) is 0 Å². The summed E-state index contributed by atoms with van der Waals surface area (Å²) in [5, 5.41) is 8.87. The number of hydrogen-bond donors (Lipinski definition) is 3. The van der Waals surface area contributed by atoms with E-state index in [9.17, 15) is 19.0 Å². The molecule has 10 nitrogen and oxygen atoms in total. The molecule has 0 heterocycles. The summed E-state index contributed by atoms with van der Waals surface area (Å²) < 4.78 is 33.2. The van der Waals surface area contributed by atoms with Crippen LogP contribution in [-0.4, -0.2) is 60.5 Å². The molecular formula is C40H76NO9P. The first-order valence-corrected chi connectivity index (χ1v) is 21.9. The first-order valence-electron chi connectivity index (χ1n) is 20.4. The predicted octanol–water partition coefficient (Wildman–Crippen LogP) is 10.8. The summed E-state index contributed by atoms with van der Waals surface area (Å²) in [6.07, 6.45) is 38.0. The van der Waals surface area contributed by atoms with E-state index in [0.717, 1.165) is 44.9 Å². The molecule has 0 aromatic heterocycles. The number of allylic oxidation sites excluding steroid dienone is 4. The fourth-order valence-electron chi connectivity index (χ4n) is 5.52. The van der Waals surface area contributed by atoms with Crippen LogP contribution in [0.25, 0.3) is 0 Å². The van der Waals surface area contributed by atoms with Crippen LogP contribution in [-0.2, 0) is 32.7 Å². The van der Waals surface area contributed by atoms with Gasteiger partial charge in [0.25, 0.3) is 0 Å². The third kappa shape index (κ3) is 36.6. The number of carboxylic acid groups (broad SMARTS) is 1. The number of esters is 1. The van der Waals surface area contributed by atoms with E-state index in [1.54, 1.807) is 0 Å². The molecule has 300 valence electrons. The summed E-state index contributed by atoms with van der Waals surface area (Å²) in [4.78, 5) is 33.4. The average molecular weight is 746 g/mol. The van der Waals surface area contributed by atoms with E-state index in [2.05, 4.69) is 38.2 Å². The smallest absolute Gasteiger partial charge is 0.472 e. The second-order valence-electron chi connectivity index (χ2n) is 13.8. The zero-order valence-corrected chi connectivity index (χ0v) is 33.3.